The molecule has 0 bridgehead atoms. The monoisotopic (exact) mass is 438 g/mol. The third-order valence-electron chi connectivity index (χ3n) is 6.64. The molecule has 7 heteroatoms. The highest BCUT2D eigenvalue weighted by atomic mass is 32.2. The van der Waals surface area contributed by atoms with E-state index < -0.39 is 10.0 Å². The zero-order chi connectivity index (χ0) is 21.6. The first-order valence-corrected chi connectivity index (χ1v) is 12.9. The predicted molar refractivity (Wildman–Crippen MR) is 127 cm³/mol. The summed E-state index contributed by atoms with van der Waals surface area (Å²) in [6.07, 6.45) is 8.49. The zero-order valence-electron chi connectivity index (χ0n) is 18.2. The zero-order valence-corrected chi connectivity index (χ0v) is 19.0. The maximum absolute atomic E-state index is 13.1. The van der Waals surface area contributed by atoms with Crippen molar-refractivity contribution in [2.75, 3.05) is 22.7 Å². The molecule has 1 saturated carbocycles. The van der Waals surface area contributed by atoms with Crippen molar-refractivity contribution in [1.29, 1.82) is 0 Å². The lowest BCUT2D eigenvalue weighted by Gasteiger charge is -2.33. The first-order chi connectivity index (χ1) is 14.9. The van der Waals surface area contributed by atoms with E-state index >= 15 is 0 Å². The SMILES string of the molecule is CC(C)n1cc(-c2cccc(N3CCC3)c2)c2c(NS(=O)(=O)C3CCCC3)ccnc21. The van der Waals surface area contributed by atoms with Crippen LogP contribution in [0.25, 0.3) is 22.2 Å². The van der Waals surface area contributed by atoms with Crippen LogP contribution < -0.4 is 9.62 Å². The van der Waals surface area contributed by atoms with Crippen LogP contribution in [-0.2, 0) is 10.0 Å². The van der Waals surface area contributed by atoms with Crippen LogP contribution in [0.2, 0.25) is 0 Å². The third-order valence-corrected chi connectivity index (χ3v) is 8.49. The first kappa shape index (κ1) is 20.4. The van der Waals surface area contributed by atoms with Gasteiger partial charge in [0.05, 0.1) is 16.3 Å². The molecular weight excluding hydrogens is 408 g/mol. The first-order valence-electron chi connectivity index (χ1n) is 11.3. The molecule has 31 heavy (non-hydrogen) atoms. The number of hydrogen-bond acceptors (Lipinski definition) is 4. The van der Waals surface area contributed by atoms with Gasteiger partial charge in [-0.3, -0.25) is 4.72 Å². The molecule has 0 unspecified atom stereocenters. The molecule has 3 heterocycles. The average Bonchev–Trinajstić information content (AvgIpc) is 3.36. The van der Waals surface area contributed by atoms with Crippen molar-refractivity contribution in [3.05, 3.63) is 42.7 Å². The molecule has 0 radical (unpaired) electrons. The highest BCUT2D eigenvalue weighted by molar-refractivity contribution is 7.93. The molecule has 0 atom stereocenters. The van der Waals surface area contributed by atoms with E-state index in [-0.39, 0.29) is 11.3 Å². The van der Waals surface area contributed by atoms with Gasteiger partial charge in [-0.15, -0.1) is 0 Å². The second-order valence-corrected chi connectivity index (χ2v) is 11.0. The molecule has 3 aromatic rings. The number of pyridine rings is 1. The molecule has 2 aromatic heterocycles. The van der Waals surface area contributed by atoms with Crippen LogP contribution in [0.1, 0.15) is 52.0 Å². The smallest absolute Gasteiger partial charge is 0.235 e. The molecular formula is C24H30N4O2S. The van der Waals surface area contributed by atoms with Crippen LogP contribution in [0, 0.1) is 0 Å². The average molecular weight is 439 g/mol. The number of anilines is 2. The quantitative estimate of drug-likeness (QED) is 0.576. The maximum atomic E-state index is 13.1. The molecule has 5 rings (SSSR count). The van der Waals surface area contributed by atoms with Crippen molar-refractivity contribution in [2.24, 2.45) is 0 Å². The predicted octanol–water partition coefficient (Wildman–Crippen LogP) is 5.18. The summed E-state index contributed by atoms with van der Waals surface area (Å²) in [5.74, 6) is 0. The summed E-state index contributed by atoms with van der Waals surface area (Å²) < 4.78 is 31.2. The van der Waals surface area contributed by atoms with E-state index in [9.17, 15) is 8.42 Å². The minimum atomic E-state index is -3.43. The van der Waals surface area contributed by atoms with E-state index in [4.69, 9.17) is 0 Å². The van der Waals surface area contributed by atoms with Crippen molar-refractivity contribution in [1.82, 2.24) is 9.55 Å². The van der Waals surface area contributed by atoms with Crippen LogP contribution in [0.5, 0.6) is 0 Å². The summed E-state index contributed by atoms with van der Waals surface area (Å²) in [5, 5.41) is 0.569. The fourth-order valence-electron chi connectivity index (χ4n) is 4.75. The van der Waals surface area contributed by atoms with Gasteiger partial charge in [0.2, 0.25) is 10.0 Å². The standard InChI is InChI=1S/C24H30N4O2S/c1-17(2)28-16-21(18-7-5-8-19(15-18)27-13-6-14-27)23-22(11-12-25-24(23)28)26-31(29,30)20-9-3-4-10-20/h5,7-8,11-12,15-17,20H,3-4,6,9-10,13-14H2,1-2H3,(H,25,26). The summed E-state index contributed by atoms with van der Waals surface area (Å²) >= 11 is 0. The Morgan fingerprint density at radius 1 is 1.10 bits per heavy atom. The van der Waals surface area contributed by atoms with Crippen molar-refractivity contribution in [2.45, 2.75) is 57.2 Å². The van der Waals surface area contributed by atoms with Crippen molar-refractivity contribution < 1.29 is 8.42 Å². The van der Waals surface area contributed by atoms with Gasteiger partial charge in [-0.25, -0.2) is 13.4 Å². The lowest BCUT2D eigenvalue weighted by Crippen LogP contribution is -2.36. The van der Waals surface area contributed by atoms with Gasteiger partial charge in [0.1, 0.15) is 5.65 Å². The Hall–Kier alpha value is -2.54. The van der Waals surface area contributed by atoms with Gasteiger partial charge < -0.3 is 9.47 Å². The minimum Gasteiger partial charge on any atom is -0.371 e. The van der Waals surface area contributed by atoms with Crippen LogP contribution in [0.15, 0.2) is 42.7 Å². The Bertz CT molecular complexity index is 1210. The van der Waals surface area contributed by atoms with Gasteiger partial charge in [-0.05, 0) is 56.9 Å². The lowest BCUT2D eigenvalue weighted by molar-refractivity contribution is 0.585. The van der Waals surface area contributed by atoms with Gasteiger partial charge >= 0.3 is 0 Å². The molecule has 2 fully saturated rings. The molecule has 1 N–H and O–H groups in total. The number of nitrogens with zero attached hydrogens (tertiary/aromatic N) is 3. The van der Waals surface area contributed by atoms with Crippen molar-refractivity contribution >= 4 is 32.4 Å². The van der Waals surface area contributed by atoms with E-state index in [0.29, 0.717) is 5.69 Å². The molecule has 0 amide bonds. The van der Waals surface area contributed by atoms with E-state index in [2.05, 4.69) is 63.5 Å². The van der Waals surface area contributed by atoms with Crippen LogP contribution in [0.4, 0.5) is 11.4 Å². The summed E-state index contributed by atoms with van der Waals surface area (Å²) in [5.41, 5.74) is 4.75. The highest BCUT2D eigenvalue weighted by Crippen LogP contribution is 2.39. The molecule has 164 valence electrons. The number of hydrogen-bond donors (Lipinski definition) is 1. The Morgan fingerprint density at radius 2 is 1.87 bits per heavy atom. The van der Waals surface area contributed by atoms with Gasteiger partial charge in [0, 0.05) is 42.8 Å². The Morgan fingerprint density at radius 3 is 2.55 bits per heavy atom. The number of nitrogens with one attached hydrogen (secondary N) is 1. The van der Waals surface area contributed by atoms with Crippen LogP contribution >= 0.6 is 0 Å². The van der Waals surface area contributed by atoms with Gasteiger partial charge in [-0.2, -0.15) is 0 Å². The van der Waals surface area contributed by atoms with Crippen molar-refractivity contribution in [3.8, 4) is 11.1 Å². The van der Waals surface area contributed by atoms with Crippen LogP contribution in [0.3, 0.4) is 0 Å². The second kappa shape index (κ2) is 7.86. The second-order valence-electron chi connectivity index (χ2n) is 9.05. The fraction of sp³-hybridized carbons (Fsp3) is 0.458. The summed E-state index contributed by atoms with van der Waals surface area (Å²) in [4.78, 5) is 7.01. The van der Waals surface area contributed by atoms with E-state index in [1.54, 1.807) is 12.3 Å². The molecule has 1 aliphatic carbocycles. The molecule has 1 aromatic carbocycles. The Balaban J connectivity index is 1.64. The maximum Gasteiger partial charge on any atom is 0.235 e. The number of sulfonamides is 1. The third kappa shape index (κ3) is 3.69. The number of fused-ring (bicyclic) bond motifs is 1. The molecule has 0 spiro atoms. The summed E-state index contributed by atoms with van der Waals surface area (Å²) in [6.45, 7) is 6.42. The number of rotatable bonds is 6. The molecule has 2 aliphatic rings. The normalized spacial score (nSPS) is 17.5. The molecule has 6 nitrogen and oxygen atoms in total. The molecule has 1 aliphatic heterocycles. The Labute approximate surface area is 184 Å². The van der Waals surface area contributed by atoms with Crippen molar-refractivity contribution in [3.63, 3.8) is 0 Å². The summed E-state index contributed by atoms with van der Waals surface area (Å²) in [6, 6.07) is 10.5. The Kier molecular flexibility index (Phi) is 5.16. The van der Waals surface area contributed by atoms with E-state index in [1.807, 2.05) is 0 Å². The van der Waals surface area contributed by atoms with Gasteiger partial charge in [0.25, 0.3) is 0 Å². The molecule has 1 saturated heterocycles. The van der Waals surface area contributed by atoms with Crippen LogP contribution in [-0.4, -0.2) is 36.3 Å². The number of aromatic nitrogens is 2. The fourth-order valence-corrected chi connectivity index (χ4v) is 6.35. The largest absolute Gasteiger partial charge is 0.371 e. The van der Waals surface area contributed by atoms with Gasteiger partial charge in [-0.1, -0.05) is 25.0 Å². The van der Waals surface area contributed by atoms with E-state index in [0.717, 1.165) is 60.9 Å². The topological polar surface area (TPSA) is 67.2 Å². The lowest BCUT2D eigenvalue weighted by atomic mass is 10.0. The number of benzene rings is 1. The minimum absolute atomic E-state index is 0.212. The van der Waals surface area contributed by atoms with Gasteiger partial charge in [0.15, 0.2) is 0 Å². The van der Waals surface area contributed by atoms with E-state index in [1.165, 1.54) is 12.1 Å². The highest BCUT2D eigenvalue weighted by Gasteiger charge is 2.30. The summed E-state index contributed by atoms with van der Waals surface area (Å²) in [7, 11) is -3.43.